The van der Waals surface area contributed by atoms with Gasteiger partial charge < -0.3 is 24.4 Å². The van der Waals surface area contributed by atoms with Crippen LogP contribution in [0.2, 0.25) is 0 Å². The lowest BCUT2D eigenvalue weighted by atomic mass is 9.84. The van der Waals surface area contributed by atoms with Crippen LogP contribution < -0.4 is 5.32 Å². The van der Waals surface area contributed by atoms with Crippen LogP contribution in [0.15, 0.2) is 42.5 Å². The molecule has 170 valence electrons. The first kappa shape index (κ1) is 24.2. The number of ether oxygens (including phenoxy) is 3. The second-order valence-corrected chi connectivity index (χ2v) is 8.56. The Bertz CT molecular complexity index is 777. The third-order valence-electron chi connectivity index (χ3n) is 4.92. The molecule has 8 nitrogen and oxygen atoms in total. The number of carbonyl (C=O) groups is 3. The van der Waals surface area contributed by atoms with Gasteiger partial charge in [-0.05, 0) is 45.6 Å². The average Bonchev–Trinajstić information content (AvgIpc) is 2.72. The number of esters is 1. The average molecular weight is 433 g/mol. The Morgan fingerprint density at radius 3 is 2.35 bits per heavy atom. The zero-order chi connectivity index (χ0) is 22.9. The monoisotopic (exact) mass is 432 g/mol. The van der Waals surface area contributed by atoms with E-state index in [-0.39, 0.29) is 12.7 Å². The largest absolute Gasteiger partial charge is 0.466 e. The molecule has 0 aromatic heterocycles. The fraction of sp³-hybridized carbons (Fsp3) is 0.522. The first-order valence-corrected chi connectivity index (χ1v) is 10.3. The predicted octanol–water partition coefficient (Wildman–Crippen LogP) is 3.80. The van der Waals surface area contributed by atoms with Crippen molar-refractivity contribution in [2.24, 2.45) is 0 Å². The lowest BCUT2D eigenvalue weighted by molar-refractivity contribution is -0.134. The Morgan fingerprint density at radius 2 is 1.77 bits per heavy atom. The van der Waals surface area contributed by atoms with Crippen molar-refractivity contribution < 1.29 is 28.6 Å². The molecule has 1 aromatic rings. The van der Waals surface area contributed by atoms with Gasteiger partial charge in [0.2, 0.25) is 0 Å². The van der Waals surface area contributed by atoms with Gasteiger partial charge >= 0.3 is 18.2 Å². The molecule has 1 N–H and O–H groups in total. The van der Waals surface area contributed by atoms with Crippen LogP contribution in [0.4, 0.5) is 9.59 Å². The summed E-state index contributed by atoms with van der Waals surface area (Å²) in [6.07, 6.45) is 3.49. The molecule has 0 saturated carbocycles. The normalized spacial score (nSPS) is 15.9. The van der Waals surface area contributed by atoms with Gasteiger partial charge in [0.25, 0.3) is 0 Å². The number of nitrogens with one attached hydrogen (secondary N) is 1. The molecule has 31 heavy (non-hydrogen) atoms. The van der Waals surface area contributed by atoms with Gasteiger partial charge in [-0.2, -0.15) is 0 Å². The molecule has 1 aromatic carbocycles. The van der Waals surface area contributed by atoms with E-state index in [1.54, 1.807) is 11.0 Å². The summed E-state index contributed by atoms with van der Waals surface area (Å²) in [5.74, 6) is -0.465. The number of benzene rings is 1. The third kappa shape index (κ3) is 8.32. The van der Waals surface area contributed by atoms with Crippen molar-refractivity contribution in [3.05, 3.63) is 48.0 Å². The highest BCUT2D eigenvalue weighted by molar-refractivity contribution is 5.81. The lowest BCUT2D eigenvalue weighted by Gasteiger charge is -2.41. The minimum atomic E-state index is -0.642. The molecule has 0 aliphatic carbocycles. The SMILES string of the molecule is COC(=O)C=CCC1(NC(=O)OCc2ccccc2)CCN(C(=O)OC(C)(C)C)CC1. The molecule has 1 aliphatic heterocycles. The van der Waals surface area contributed by atoms with E-state index in [0.29, 0.717) is 32.4 Å². The van der Waals surface area contributed by atoms with Crippen LogP contribution >= 0.6 is 0 Å². The Balaban J connectivity index is 2.01. The van der Waals surface area contributed by atoms with Crippen molar-refractivity contribution in [3.63, 3.8) is 0 Å². The summed E-state index contributed by atoms with van der Waals surface area (Å²) in [5.41, 5.74) is -0.331. The van der Waals surface area contributed by atoms with Crippen LogP contribution in [-0.2, 0) is 25.6 Å². The molecule has 0 bridgehead atoms. The van der Waals surface area contributed by atoms with Gasteiger partial charge in [0.1, 0.15) is 12.2 Å². The summed E-state index contributed by atoms with van der Waals surface area (Å²) >= 11 is 0. The standard InChI is InChI=1S/C23H32N2O6/c1-22(2,3)31-21(28)25-15-13-23(14-16-25,12-8-11-19(26)29-4)24-20(27)30-17-18-9-6-5-7-10-18/h5-11H,12-17H2,1-4H3,(H,24,27). The Morgan fingerprint density at radius 1 is 1.13 bits per heavy atom. The fourth-order valence-electron chi connectivity index (χ4n) is 3.25. The number of methoxy groups -OCH3 is 1. The molecule has 0 unspecified atom stereocenters. The van der Waals surface area contributed by atoms with Gasteiger partial charge in [0.15, 0.2) is 0 Å². The number of hydrogen-bond acceptors (Lipinski definition) is 6. The molecule has 1 heterocycles. The van der Waals surface area contributed by atoms with Crippen molar-refractivity contribution in [3.8, 4) is 0 Å². The number of likely N-dealkylation sites (tertiary alicyclic amines) is 1. The molecule has 1 aliphatic rings. The van der Waals surface area contributed by atoms with Crippen LogP contribution in [0.3, 0.4) is 0 Å². The minimum Gasteiger partial charge on any atom is -0.466 e. The highest BCUT2D eigenvalue weighted by Crippen LogP contribution is 2.28. The Kier molecular flexibility index (Phi) is 8.47. The quantitative estimate of drug-likeness (QED) is 0.417. The highest BCUT2D eigenvalue weighted by atomic mass is 16.6. The van der Waals surface area contributed by atoms with Gasteiger partial charge in [0.05, 0.1) is 12.6 Å². The van der Waals surface area contributed by atoms with Gasteiger partial charge in [0, 0.05) is 19.2 Å². The first-order chi connectivity index (χ1) is 14.6. The van der Waals surface area contributed by atoms with Crippen molar-refractivity contribution in [2.75, 3.05) is 20.2 Å². The summed E-state index contributed by atoms with van der Waals surface area (Å²) in [7, 11) is 1.31. The maximum atomic E-state index is 12.5. The van der Waals surface area contributed by atoms with E-state index in [0.717, 1.165) is 5.56 Å². The molecule has 1 saturated heterocycles. The summed E-state index contributed by atoms with van der Waals surface area (Å²) in [5, 5.41) is 2.96. The van der Waals surface area contributed by atoms with E-state index in [2.05, 4.69) is 10.1 Å². The second kappa shape index (κ2) is 10.8. The summed E-state index contributed by atoms with van der Waals surface area (Å²) in [4.78, 5) is 37.9. The molecule has 0 spiro atoms. The van der Waals surface area contributed by atoms with E-state index >= 15 is 0 Å². The van der Waals surface area contributed by atoms with Gasteiger partial charge in [-0.15, -0.1) is 0 Å². The number of nitrogens with zero attached hydrogens (tertiary/aromatic N) is 1. The third-order valence-corrected chi connectivity index (χ3v) is 4.92. The van der Waals surface area contributed by atoms with Crippen LogP contribution in [0, 0.1) is 0 Å². The van der Waals surface area contributed by atoms with E-state index < -0.39 is 23.2 Å². The molecular formula is C23H32N2O6. The molecular weight excluding hydrogens is 400 g/mol. The number of carbonyl (C=O) groups excluding carboxylic acids is 3. The van der Waals surface area contributed by atoms with Crippen molar-refractivity contribution in [1.82, 2.24) is 10.2 Å². The van der Waals surface area contributed by atoms with Gasteiger partial charge in [-0.25, -0.2) is 14.4 Å². The highest BCUT2D eigenvalue weighted by Gasteiger charge is 2.38. The number of piperidine rings is 1. The molecule has 1 fully saturated rings. The van der Waals surface area contributed by atoms with E-state index in [1.807, 2.05) is 51.1 Å². The fourth-order valence-corrected chi connectivity index (χ4v) is 3.25. The van der Waals surface area contributed by atoms with Crippen LogP contribution in [0.1, 0.15) is 45.6 Å². The van der Waals surface area contributed by atoms with Crippen LogP contribution in [0.25, 0.3) is 0 Å². The maximum absolute atomic E-state index is 12.5. The minimum absolute atomic E-state index is 0.158. The summed E-state index contributed by atoms with van der Waals surface area (Å²) in [6, 6.07) is 9.40. The van der Waals surface area contributed by atoms with Gasteiger partial charge in [-0.1, -0.05) is 36.4 Å². The van der Waals surface area contributed by atoms with Crippen LogP contribution in [0.5, 0.6) is 0 Å². The number of hydrogen-bond donors (Lipinski definition) is 1. The summed E-state index contributed by atoms with van der Waals surface area (Å²) in [6.45, 7) is 6.45. The van der Waals surface area contributed by atoms with E-state index in [1.165, 1.54) is 13.2 Å². The smallest absolute Gasteiger partial charge is 0.410 e. The molecule has 2 rings (SSSR count). The predicted molar refractivity (Wildman–Crippen MR) is 115 cm³/mol. The lowest BCUT2D eigenvalue weighted by Crippen LogP contribution is -2.56. The topological polar surface area (TPSA) is 94.2 Å². The maximum Gasteiger partial charge on any atom is 0.410 e. The number of rotatable bonds is 6. The summed E-state index contributed by atoms with van der Waals surface area (Å²) < 4.78 is 15.4. The molecule has 0 radical (unpaired) electrons. The molecule has 8 heteroatoms. The number of amides is 2. The zero-order valence-corrected chi connectivity index (χ0v) is 18.7. The van der Waals surface area contributed by atoms with Crippen molar-refractivity contribution >= 4 is 18.2 Å². The Labute approximate surface area is 183 Å². The first-order valence-electron chi connectivity index (χ1n) is 10.3. The molecule has 0 atom stereocenters. The Hall–Kier alpha value is -3.03. The van der Waals surface area contributed by atoms with Crippen molar-refractivity contribution in [2.45, 2.75) is 57.8 Å². The molecule has 2 amide bonds. The van der Waals surface area contributed by atoms with Gasteiger partial charge in [-0.3, -0.25) is 0 Å². The van der Waals surface area contributed by atoms with E-state index in [9.17, 15) is 14.4 Å². The van der Waals surface area contributed by atoms with Crippen LogP contribution in [-0.4, -0.2) is 54.4 Å². The van der Waals surface area contributed by atoms with Crippen molar-refractivity contribution in [1.29, 1.82) is 0 Å². The number of alkyl carbamates (subject to hydrolysis) is 1. The zero-order valence-electron chi connectivity index (χ0n) is 18.7. The van der Waals surface area contributed by atoms with E-state index in [4.69, 9.17) is 9.47 Å². The second-order valence-electron chi connectivity index (χ2n) is 8.56.